The molecule has 0 radical (unpaired) electrons. The third kappa shape index (κ3) is 6.96. The molecule has 2 amide bonds. The maximum absolute atomic E-state index is 12.7. The minimum Gasteiger partial charge on any atom is -0.339 e. The Kier molecular flexibility index (Phi) is 8.88. The molecule has 10 nitrogen and oxygen atoms in total. The van der Waals surface area contributed by atoms with Crippen LogP contribution in [0, 0.1) is 0 Å². The molecule has 42 heavy (non-hydrogen) atoms. The van der Waals surface area contributed by atoms with Gasteiger partial charge in [-0.3, -0.25) is 9.59 Å². The van der Waals surface area contributed by atoms with Gasteiger partial charge in [0.2, 0.25) is 31.9 Å². The Morgan fingerprint density at radius 3 is 1.29 bits per heavy atom. The molecule has 0 bridgehead atoms. The highest BCUT2D eigenvalue weighted by Crippen LogP contribution is 2.20. The lowest BCUT2D eigenvalue weighted by Gasteiger charge is -2.35. The topological polar surface area (TPSA) is 133 Å². The summed E-state index contributed by atoms with van der Waals surface area (Å²) in [7, 11) is -7.54. The van der Waals surface area contributed by atoms with Gasteiger partial charge < -0.3 is 9.80 Å². The second kappa shape index (κ2) is 12.6. The van der Waals surface area contributed by atoms with Gasteiger partial charge in [-0.05, 0) is 45.8 Å². The molecule has 0 aliphatic carbocycles. The van der Waals surface area contributed by atoms with Crippen molar-refractivity contribution in [2.24, 2.45) is 0 Å². The van der Waals surface area contributed by atoms with Crippen LogP contribution in [0.5, 0.6) is 0 Å². The predicted molar refractivity (Wildman–Crippen MR) is 161 cm³/mol. The van der Waals surface area contributed by atoms with E-state index in [0.717, 1.165) is 21.5 Å². The molecular formula is C30H32N4O6S2. The summed E-state index contributed by atoms with van der Waals surface area (Å²) < 4.78 is 55.8. The van der Waals surface area contributed by atoms with Gasteiger partial charge in [0.15, 0.2) is 0 Å². The number of carbonyl (C=O) groups is 2. The Labute approximate surface area is 245 Å². The Bertz CT molecular complexity index is 1700. The molecule has 1 saturated heterocycles. The van der Waals surface area contributed by atoms with E-state index in [0.29, 0.717) is 26.2 Å². The van der Waals surface area contributed by atoms with Crippen molar-refractivity contribution in [3.05, 3.63) is 84.9 Å². The molecular weight excluding hydrogens is 576 g/mol. The number of benzene rings is 4. The van der Waals surface area contributed by atoms with E-state index < -0.39 is 20.0 Å². The second-order valence-electron chi connectivity index (χ2n) is 10.1. The highest BCUT2D eigenvalue weighted by molar-refractivity contribution is 7.89. The van der Waals surface area contributed by atoms with Gasteiger partial charge in [-0.2, -0.15) is 0 Å². The maximum Gasteiger partial charge on any atom is 0.240 e. The van der Waals surface area contributed by atoms with Crippen LogP contribution >= 0.6 is 0 Å². The first kappa shape index (κ1) is 29.6. The molecule has 1 fully saturated rings. The summed E-state index contributed by atoms with van der Waals surface area (Å²) in [5.41, 5.74) is 0. The van der Waals surface area contributed by atoms with E-state index in [2.05, 4.69) is 9.44 Å². The molecule has 2 N–H and O–H groups in total. The molecule has 1 heterocycles. The summed E-state index contributed by atoms with van der Waals surface area (Å²) in [6.07, 6.45) is -0.00534. The van der Waals surface area contributed by atoms with Crippen LogP contribution in [0.3, 0.4) is 0 Å². The van der Waals surface area contributed by atoms with Crippen LogP contribution in [0.2, 0.25) is 0 Å². The average molecular weight is 609 g/mol. The van der Waals surface area contributed by atoms with Gasteiger partial charge in [0.1, 0.15) is 0 Å². The number of rotatable bonds is 10. The number of fused-ring (bicyclic) bond motifs is 2. The van der Waals surface area contributed by atoms with Gasteiger partial charge in [0.05, 0.1) is 9.79 Å². The Hall–Kier alpha value is -3.84. The summed E-state index contributed by atoms with van der Waals surface area (Å²) in [5.74, 6) is -0.405. The largest absolute Gasteiger partial charge is 0.339 e. The van der Waals surface area contributed by atoms with E-state index >= 15 is 0 Å². The van der Waals surface area contributed by atoms with E-state index in [1.807, 2.05) is 48.5 Å². The van der Waals surface area contributed by atoms with E-state index in [-0.39, 0.29) is 47.5 Å². The smallest absolute Gasteiger partial charge is 0.240 e. The van der Waals surface area contributed by atoms with Crippen molar-refractivity contribution in [1.29, 1.82) is 0 Å². The van der Waals surface area contributed by atoms with Crippen molar-refractivity contribution in [1.82, 2.24) is 19.2 Å². The zero-order valence-corrected chi connectivity index (χ0v) is 24.5. The average Bonchev–Trinajstić information content (AvgIpc) is 3.00. The summed E-state index contributed by atoms with van der Waals surface area (Å²) in [4.78, 5) is 28.9. The fourth-order valence-electron chi connectivity index (χ4n) is 4.94. The van der Waals surface area contributed by atoms with Crippen molar-refractivity contribution < 1.29 is 26.4 Å². The first-order chi connectivity index (χ1) is 20.1. The quantitative estimate of drug-likeness (QED) is 0.285. The Balaban J connectivity index is 1.04. The minimum atomic E-state index is -3.77. The molecule has 0 unspecified atom stereocenters. The molecule has 12 heteroatoms. The number of sulfonamides is 2. The number of nitrogens with one attached hydrogen (secondary N) is 2. The molecule has 1 aliphatic heterocycles. The lowest BCUT2D eigenvalue weighted by atomic mass is 10.1. The van der Waals surface area contributed by atoms with Crippen molar-refractivity contribution in [2.45, 2.75) is 22.6 Å². The van der Waals surface area contributed by atoms with Crippen LogP contribution in [0.1, 0.15) is 12.8 Å². The molecule has 1 aliphatic rings. The first-order valence-electron chi connectivity index (χ1n) is 13.6. The van der Waals surface area contributed by atoms with Crippen LogP contribution in [0.15, 0.2) is 94.7 Å². The Morgan fingerprint density at radius 2 is 0.905 bits per heavy atom. The summed E-state index contributed by atoms with van der Waals surface area (Å²) >= 11 is 0. The molecule has 0 aromatic heterocycles. The molecule has 220 valence electrons. The zero-order chi connectivity index (χ0) is 29.7. The fraction of sp³-hybridized carbons (Fsp3) is 0.267. The normalized spacial score (nSPS) is 14.4. The van der Waals surface area contributed by atoms with Crippen molar-refractivity contribution >= 4 is 53.4 Å². The highest BCUT2D eigenvalue weighted by atomic mass is 32.2. The molecule has 4 aromatic rings. The zero-order valence-electron chi connectivity index (χ0n) is 22.9. The monoisotopic (exact) mass is 608 g/mol. The molecule has 0 saturated carbocycles. The lowest BCUT2D eigenvalue weighted by Crippen LogP contribution is -2.51. The maximum atomic E-state index is 12.7. The van der Waals surface area contributed by atoms with Crippen molar-refractivity contribution in [2.75, 3.05) is 39.3 Å². The van der Waals surface area contributed by atoms with Gasteiger partial charge in [0, 0.05) is 52.1 Å². The van der Waals surface area contributed by atoms with Gasteiger partial charge in [0.25, 0.3) is 0 Å². The lowest BCUT2D eigenvalue weighted by molar-refractivity contribution is -0.139. The van der Waals surface area contributed by atoms with Crippen molar-refractivity contribution in [3.8, 4) is 0 Å². The predicted octanol–water partition coefficient (Wildman–Crippen LogP) is 2.70. The molecule has 0 atom stereocenters. The van der Waals surface area contributed by atoms with Crippen molar-refractivity contribution in [3.63, 3.8) is 0 Å². The van der Waals surface area contributed by atoms with Gasteiger partial charge in [-0.15, -0.1) is 0 Å². The van der Waals surface area contributed by atoms with Gasteiger partial charge >= 0.3 is 0 Å². The number of hydrogen-bond donors (Lipinski definition) is 2. The summed E-state index contributed by atoms with van der Waals surface area (Å²) in [6.45, 7) is 1.22. The second-order valence-corrected chi connectivity index (χ2v) is 13.6. The molecule has 0 spiro atoms. The highest BCUT2D eigenvalue weighted by Gasteiger charge is 2.25. The number of nitrogens with zero attached hydrogens (tertiary/aromatic N) is 2. The van der Waals surface area contributed by atoms with E-state index in [4.69, 9.17) is 0 Å². The number of hydrogen-bond acceptors (Lipinski definition) is 6. The van der Waals surface area contributed by atoms with E-state index in [1.54, 1.807) is 34.1 Å². The number of amides is 2. The molecule has 5 rings (SSSR count). The van der Waals surface area contributed by atoms with Gasteiger partial charge in [-0.25, -0.2) is 26.3 Å². The van der Waals surface area contributed by atoms with Crippen LogP contribution in [-0.4, -0.2) is 77.7 Å². The summed E-state index contributed by atoms with van der Waals surface area (Å²) in [5, 5.41) is 3.50. The Morgan fingerprint density at radius 1 is 0.548 bits per heavy atom. The van der Waals surface area contributed by atoms with E-state index in [1.165, 1.54) is 12.1 Å². The minimum absolute atomic E-state index is 0.00267. The van der Waals surface area contributed by atoms with Crippen LogP contribution < -0.4 is 9.44 Å². The van der Waals surface area contributed by atoms with E-state index in [9.17, 15) is 26.4 Å². The third-order valence-electron chi connectivity index (χ3n) is 7.31. The third-order valence-corrected chi connectivity index (χ3v) is 10.2. The van der Waals surface area contributed by atoms with Crippen LogP contribution in [0.4, 0.5) is 0 Å². The molecule has 4 aromatic carbocycles. The van der Waals surface area contributed by atoms with Crippen LogP contribution in [0.25, 0.3) is 21.5 Å². The fourth-order valence-corrected chi connectivity index (χ4v) is 7.08. The summed E-state index contributed by atoms with van der Waals surface area (Å²) in [6, 6.07) is 24.7. The standard InChI is InChI=1S/C30H32N4O6S2/c35-29(13-15-31-41(37,38)27-11-9-23-5-1-3-7-25(23)21-27)33-17-19-34(20-18-33)30(36)14-16-32-42(39,40)28-12-10-24-6-2-4-8-26(24)22-28/h1-12,21-22,31-32H,13-20H2. The number of carbonyl (C=O) groups excluding carboxylic acids is 2. The number of piperazine rings is 1. The first-order valence-corrected chi connectivity index (χ1v) is 16.6. The SMILES string of the molecule is O=C(CCNS(=O)(=O)c1ccc2ccccc2c1)N1CCN(C(=O)CCNS(=O)(=O)c2ccc3ccccc3c2)CC1. The van der Waals surface area contributed by atoms with Gasteiger partial charge in [-0.1, -0.05) is 60.7 Å². The van der Waals surface area contributed by atoms with Crippen LogP contribution in [-0.2, 0) is 29.6 Å².